The third-order valence-corrected chi connectivity index (χ3v) is 3.31. The van der Waals surface area contributed by atoms with Gasteiger partial charge in [0.15, 0.2) is 0 Å². The molecule has 2 N–H and O–H groups in total. The van der Waals surface area contributed by atoms with Gasteiger partial charge in [-0.15, -0.1) is 0 Å². The Hall–Kier alpha value is -2.82. The molecule has 0 radical (unpaired) electrons. The van der Waals surface area contributed by atoms with E-state index in [1.54, 1.807) is 36.4 Å². The highest BCUT2D eigenvalue weighted by atomic mass is 16.5. The molecule has 2 amide bonds. The van der Waals surface area contributed by atoms with Gasteiger partial charge in [-0.25, -0.2) is 0 Å². The van der Waals surface area contributed by atoms with Gasteiger partial charge < -0.3 is 4.74 Å². The molecule has 0 bridgehead atoms. The average Bonchev–Trinajstić information content (AvgIpc) is 2.58. The number of aryl methyl sites for hydroxylation is 1. The summed E-state index contributed by atoms with van der Waals surface area (Å²) in [5.74, 6) is 0.0504. The van der Waals surface area contributed by atoms with Crippen LogP contribution >= 0.6 is 0 Å². The molecule has 0 heterocycles. The summed E-state index contributed by atoms with van der Waals surface area (Å²) in [5.41, 5.74) is 6.75. The van der Waals surface area contributed by atoms with E-state index < -0.39 is 5.91 Å². The lowest BCUT2D eigenvalue weighted by molar-refractivity contribution is 0.0844. The van der Waals surface area contributed by atoms with Crippen molar-refractivity contribution in [2.75, 3.05) is 6.61 Å². The quantitative estimate of drug-likeness (QED) is 0.830. The number of nitrogens with one attached hydrogen (secondary N) is 2. The minimum atomic E-state index is -0.421. The predicted molar refractivity (Wildman–Crippen MR) is 92.9 cm³/mol. The second-order valence-corrected chi connectivity index (χ2v) is 5.98. The first-order valence-corrected chi connectivity index (χ1v) is 7.86. The Kier molecular flexibility index (Phi) is 5.95. The normalized spacial score (nSPS) is 10.3. The Bertz CT molecular complexity index is 709. The summed E-state index contributed by atoms with van der Waals surface area (Å²) < 4.78 is 5.65. The van der Waals surface area contributed by atoms with Crippen LogP contribution in [-0.2, 0) is 0 Å². The molecule has 24 heavy (non-hydrogen) atoms. The molecule has 5 heteroatoms. The molecule has 0 fully saturated rings. The summed E-state index contributed by atoms with van der Waals surface area (Å²) in [6, 6.07) is 14.0. The average molecular weight is 326 g/mol. The van der Waals surface area contributed by atoms with Crippen molar-refractivity contribution < 1.29 is 14.3 Å². The number of hydrazine groups is 1. The van der Waals surface area contributed by atoms with E-state index in [4.69, 9.17) is 4.74 Å². The number of amides is 2. The van der Waals surface area contributed by atoms with Crippen molar-refractivity contribution in [1.29, 1.82) is 0 Å². The van der Waals surface area contributed by atoms with Gasteiger partial charge in [0.2, 0.25) is 0 Å². The summed E-state index contributed by atoms with van der Waals surface area (Å²) in [6.45, 7) is 6.52. The zero-order valence-corrected chi connectivity index (χ0v) is 14.1. The molecular weight excluding hydrogens is 304 g/mol. The number of carbonyl (C=O) groups excluding carboxylic acids is 2. The van der Waals surface area contributed by atoms with Crippen molar-refractivity contribution in [2.45, 2.75) is 20.8 Å². The summed E-state index contributed by atoms with van der Waals surface area (Å²) in [5, 5.41) is 0. The molecule has 2 aromatic carbocycles. The van der Waals surface area contributed by atoms with Gasteiger partial charge in [0.05, 0.1) is 12.2 Å². The minimum Gasteiger partial charge on any atom is -0.492 e. The maximum absolute atomic E-state index is 12.3. The highest BCUT2D eigenvalue weighted by Crippen LogP contribution is 2.18. The van der Waals surface area contributed by atoms with Crippen LogP contribution in [-0.4, -0.2) is 18.4 Å². The van der Waals surface area contributed by atoms with Crippen LogP contribution in [0.25, 0.3) is 0 Å². The number of rotatable bonds is 5. The van der Waals surface area contributed by atoms with Gasteiger partial charge in [-0.05, 0) is 37.1 Å². The van der Waals surface area contributed by atoms with Crippen LogP contribution in [0.5, 0.6) is 5.75 Å². The van der Waals surface area contributed by atoms with E-state index in [2.05, 4.69) is 10.9 Å². The lowest BCUT2D eigenvalue weighted by Gasteiger charge is -2.13. The van der Waals surface area contributed by atoms with Crippen molar-refractivity contribution in [2.24, 2.45) is 5.92 Å². The molecular formula is C19H22N2O3. The Balaban J connectivity index is 1.99. The second-order valence-electron chi connectivity index (χ2n) is 5.98. The molecule has 0 aromatic heterocycles. The molecule has 0 spiro atoms. The molecule has 0 atom stereocenters. The summed E-state index contributed by atoms with van der Waals surface area (Å²) in [7, 11) is 0. The highest BCUT2D eigenvalue weighted by Gasteiger charge is 2.14. The summed E-state index contributed by atoms with van der Waals surface area (Å²) in [6.07, 6.45) is 0. The number of para-hydroxylation sites is 1. The first-order chi connectivity index (χ1) is 11.5. The smallest absolute Gasteiger partial charge is 0.273 e. The lowest BCUT2D eigenvalue weighted by atomic mass is 10.1. The standard InChI is InChI=1S/C19H22N2O3/c1-13(2)12-24-17-7-5-4-6-16(17)19(23)21-20-18(22)15-10-8-14(3)9-11-15/h4-11,13H,12H2,1-3H3,(H,20,22)(H,21,23). The van der Waals surface area contributed by atoms with E-state index in [-0.39, 0.29) is 5.91 Å². The van der Waals surface area contributed by atoms with Crippen molar-refractivity contribution >= 4 is 11.8 Å². The molecule has 126 valence electrons. The lowest BCUT2D eigenvalue weighted by Crippen LogP contribution is -2.41. The number of ether oxygens (including phenoxy) is 1. The van der Waals surface area contributed by atoms with Crippen LogP contribution in [0.2, 0.25) is 0 Å². The van der Waals surface area contributed by atoms with E-state index in [1.165, 1.54) is 0 Å². The maximum atomic E-state index is 12.3. The predicted octanol–water partition coefficient (Wildman–Crippen LogP) is 3.10. The zero-order valence-electron chi connectivity index (χ0n) is 14.1. The van der Waals surface area contributed by atoms with Crippen LogP contribution in [0.3, 0.4) is 0 Å². The molecule has 0 unspecified atom stereocenters. The topological polar surface area (TPSA) is 67.4 Å². The molecule has 0 saturated carbocycles. The third kappa shape index (κ3) is 4.84. The van der Waals surface area contributed by atoms with E-state index in [0.717, 1.165) is 5.56 Å². The Morgan fingerprint density at radius 1 is 0.958 bits per heavy atom. The van der Waals surface area contributed by atoms with E-state index in [0.29, 0.717) is 29.4 Å². The van der Waals surface area contributed by atoms with Gasteiger partial charge in [0, 0.05) is 5.56 Å². The highest BCUT2D eigenvalue weighted by molar-refractivity contribution is 6.00. The van der Waals surface area contributed by atoms with E-state index >= 15 is 0 Å². The van der Waals surface area contributed by atoms with Crippen LogP contribution in [0, 0.1) is 12.8 Å². The van der Waals surface area contributed by atoms with Crippen LogP contribution in [0.15, 0.2) is 48.5 Å². The fourth-order valence-corrected chi connectivity index (χ4v) is 1.99. The third-order valence-electron chi connectivity index (χ3n) is 3.31. The number of benzene rings is 2. The van der Waals surface area contributed by atoms with Crippen molar-refractivity contribution in [1.82, 2.24) is 10.9 Å². The van der Waals surface area contributed by atoms with Crippen molar-refractivity contribution in [3.05, 3.63) is 65.2 Å². The van der Waals surface area contributed by atoms with E-state index in [1.807, 2.05) is 32.9 Å². The first kappa shape index (κ1) is 17.5. The summed E-state index contributed by atoms with van der Waals surface area (Å²) in [4.78, 5) is 24.3. The SMILES string of the molecule is Cc1ccc(C(=O)NNC(=O)c2ccccc2OCC(C)C)cc1. The van der Waals surface area contributed by atoms with Crippen LogP contribution < -0.4 is 15.6 Å². The fourth-order valence-electron chi connectivity index (χ4n) is 1.99. The number of carbonyl (C=O) groups is 2. The molecule has 2 rings (SSSR count). The van der Waals surface area contributed by atoms with Gasteiger partial charge in [-0.3, -0.25) is 20.4 Å². The minimum absolute atomic E-state index is 0.349. The largest absolute Gasteiger partial charge is 0.492 e. The molecule has 2 aromatic rings. The van der Waals surface area contributed by atoms with Gasteiger partial charge >= 0.3 is 0 Å². The van der Waals surface area contributed by atoms with Crippen LogP contribution in [0.1, 0.15) is 40.1 Å². The zero-order chi connectivity index (χ0) is 17.5. The van der Waals surface area contributed by atoms with E-state index in [9.17, 15) is 9.59 Å². The maximum Gasteiger partial charge on any atom is 0.273 e. The van der Waals surface area contributed by atoms with Gasteiger partial charge in [-0.1, -0.05) is 43.7 Å². The van der Waals surface area contributed by atoms with Crippen LogP contribution in [0.4, 0.5) is 0 Å². The molecule has 0 aliphatic carbocycles. The monoisotopic (exact) mass is 326 g/mol. The number of hydrogen-bond acceptors (Lipinski definition) is 3. The Morgan fingerprint density at radius 3 is 2.25 bits per heavy atom. The first-order valence-electron chi connectivity index (χ1n) is 7.86. The van der Waals surface area contributed by atoms with Crippen molar-refractivity contribution in [3.8, 4) is 5.75 Å². The fraction of sp³-hybridized carbons (Fsp3) is 0.263. The molecule has 0 aliphatic heterocycles. The van der Waals surface area contributed by atoms with Gasteiger partial charge in [0.1, 0.15) is 5.75 Å². The summed E-state index contributed by atoms with van der Waals surface area (Å²) >= 11 is 0. The molecule has 0 saturated heterocycles. The van der Waals surface area contributed by atoms with Gasteiger partial charge in [0.25, 0.3) is 11.8 Å². The molecule has 0 aliphatic rings. The van der Waals surface area contributed by atoms with Crippen molar-refractivity contribution in [3.63, 3.8) is 0 Å². The van der Waals surface area contributed by atoms with Gasteiger partial charge in [-0.2, -0.15) is 0 Å². The Labute approximate surface area is 142 Å². The molecule has 5 nitrogen and oxygen atoms in total. The second kappa shape index (κ2) is 8.15. The Morgan fingerprint density at radius 2 is 1.58 bits per heavy atom. The number of hydrogen-bond donors (Lipinski definition) is 2.